The number of rotatable bonds is 20. The molecule has 0 aliphatic carbocycles. The SMILES string of the molecule is C.CC#CC#CC#CC#CC#CC#CC#CC#CC#CC#CC#CC#CC#CC#CC#CC#CC#CC#CC#CC#CC#CC#CC#CC#CC#CC#CC#CC#CC#CC#CC#CC.Cc1ccc(-c2ccc(CO[C@](C)(C(=O)CO)[C@@H](O)c3cc(CO)on3)cc2)nc1.Cc1ccc(-c2ccc(CO[C@](C)(C(=O)CO)[C@@H](O)c3cc(CO[Si](C)(C)C(C)(C)C)on3)cc2)nc1. The van der Waals surface area contributed by atoms with Crippen LogP contribution in [0.1, 0.15) is 113 Å². The fraction of sp³-hybridized carbons (Fsp3) is 0.200. The van der Waals surface area contributed by atoms with Gasteiger partial charge in [-0.15, -0.1) is 0 Å². The van der Waals surface area contributed by atoms with E-state index in [0.717, 1.165) is 44.8 Å². The molecule has 0 bridgehead atoms. The molecule has 0 saturated carbocycles. The lowest BCUT2D eigenvalue weighted by molar-refractivity contribution is -0.166. The van der Waals surface area contributed by atoms with Gasteiger partial charge < -0.3 is 48.5 Å². The van der Waals surface area contributed by atoms with Crippen LogP contribution in [0.2, 0.25) is 18.1 Å². The van der Waals surface area contributed by atoms with Crippen molar-refractivity contribution in [3.05, 3.63) is 142 Å². The molecule has 132 heavy (non-hydrogen) atoms. The molecule has 628 valence electrons. The Hall–Kier alpha value is -19.2. The Morgan fingerprint density at radius 1 is 0.348 bits per heavy atom. The van der Waals surface area contributed by atoms with Gasteiger partial charge in [0.2, 0.25) is 0 Å². The summed E-state index contributed by atoms with van der Waals surface area (Å²) < 4.78 is 28.1. The van der Waals surface area contributed by atoms with Gasteiger partial charge in [-0.25, -0.2) is 0 Å². The van der Waals surface area contributed by atoms with E-state index in [1.165, 1.54) is 19.9 Å². The average Bonchev–Trinajstić information content (AvgIpc) is 1.54. The van der Waals surface area contributed by atoms with Crippen LogP contribution >= 0.6 is 0 Å². The van der Waals surface area contributed by atoms with Crippen molar-refractivity contribution >= 4 is 19.9 Å². The van der Waals surface area contributed by atoms with Crippen LogP contribution in [0.3, 0.4) is 0 Å². The van der Waals surface area contributed by atoms with Crippen LogP contribution in [0.5, 0.6) is 0 Å². The second-order valence-corrected chi connectivity index (χ2v) is 31.0. The minimum atomic E-state index is -2.01. The van der Waals surface area contributed by atoms with Crippen molar-refractivity contribution in [2.75, 3.05) is 13.2 Å². The Labute approximate surface area is 776 Å². The van der Waals surface area contributed by atoms with Crippen LogP contribution < -0.4 is 0 Å². The first kappa shape index (κ1) is 107. The van der Waals surface area contributed by atoms with Crippen molar-refractivity contribution < 1.29 is 58.1 Å². The molecular formula is C115H72N4O12Si. The number of hydrogen-bond donors (Lipinski definition) is 5. The Morgan fingerprint density at radius 2 is 0.576 bits per heavy atom. The second kappa shape index (κ2) is 64.5. The number of aliphatic hydroxyl groups is 5. The molecule has 6 aromatic rings. The Balaban J connectivity index is 0.000000553. The molecule has 0 aliphatic heterocycles. The fourth-order valence-electron chi connectivity index (χ4n) is 8.25. The van der Waals surface area contributed by atoms with E-state index < -0.39 is 63.1 Å². The molecular weight excluding hydrogens is 1660 g/mol. The highest BCUT2D eigenvalue weighted by molar-refractivity contribution is 6.74. The quantitative estimate of drug-likeness (QED) is 0.0354. The molecule has 0 saturated heterocycles. The summed E-state index contributed by atoms with van der Waals surface area (Å²) >= 11 is 0. The number of Topliss-reactive ketones (excluding diaryl/α,β-unsaturated/α-hetero) is 2. The lowest BCUT2D eigenvalue weighted by Gasteiger charge is -2.35. The number of carbonyl (C=O) groups excluding carboxylic acids is 2. The van der Waals surface area contributed by atoms with Crippen LogP contribution in [0.15, 0.2) is 106 Å². The largest absolute Gasteiger partial charge is 0.409 e. The number of aromatic nitrogens is 4. The number of hydrogen-bond acceptors (Lipinski definition) is 16. The number of carbonyl (C=O) groups is 2. The van der Waals surface area contributed by atoms with E-state index in [2.05, 4.69) is 421 Å². The molecule has 5 N–H and O–H groups in total. The molecule has 0 radical (unpaired) electrons. The van der Waals surface area contributed by atoms with Crippen LogP contribution in [0.4, 0.5) is 0 Å². The summed E-state index contributed by atoms with van der Waals surface area (Å²) in [6.07, 6.45) is 0.672. The summed E-state index contributed by atoms with van der Waals surface area (Å²) in [6, 6.07) is 25.8. The lowest BCUT2D eigenvalue weighted by atomic mass is 9.91. The van der Waals surface area contributed by atoms with Gasteiger partial charge in [-0.3, -0.25) is 19.6 Å². The zero-order valence-electron chi connectivity index (χ0n) is 72.5. The predicted molar refractivity (Wildman–Crippen MR) is 509 cm³/mol. The smallest absolute Gasteiger partial charge is 0.192 e. The maximum atomic E-state index is 12.7. The number of ketones is 2. The van der Waals surface area contributed by atoms with Gasteiger partial charge in [0.05, 0.1) is 31.2 Å². The summed E-state index contributed by atoms with van der Waals surface area (Å²) in [4.78, 5) is 33.9. The van der Waals surface area contributed by atoms with Crippen molar-refractivity contribution in [3.8, 4) is 390 Å². The van der Waals surface area contributed by atoms with Gasteiger partial charge in [0.1, 0.15) is 43.4 Å². The Kier molecular flexibility index (Phi) is 52.3. The molecule has 4 heterocycles. The van der Waals surface area contributed by atoms with E-state index in [0.29, 0.717) is 5.76 Å². The van der Waals surface area contributed by atoms with Gasteiger partial charge in [-0.2, -0.15) is 0 Å². The summed E-state index contributed by atoms with van der Waals surface area (Å²) in [5.41, 5.74) is 3.99. The number of nitrogens with zero attached hydrogens (tertiary/aromatic N) is 4. The van der Waals surface area contributed by atoms with Crippen LogP contribution in [0, 0.1) is 381 Å². The molecule has 17 heteroatoms. The molecule has 0 spiro atoms. The first-order chi connectivity index (χ1) is 63.5. The third-order valence-corrected chi connectivity index (χ3v) is 20.5. The third kappa shape index (κ3) is 44.7. The first-order valence-corrected chi connectivity index (χ1v) is 40.9. The lowest BCUT2D eigenvalue weighted by Crippen LogP contribution is -2.46. The van der Waals surface area contributed by atoms with Crippen molar-refractivity contribution in [2.45, 2.75) is 138 Å². The predicted octanol–water partition coefficient (Wildman–Crippen LogP) is 9.01. The summed E-state index contributed by atoms with van der Waals surface area (Å²) in [7, 11) is -2.01. The maximum absolute atomic E-state index is 12.7. The normalized spacial score (nSPS) is 9.33. The van der Waals surface area contributed by atoms with Crippen molar-refractivity contribution in [3.63, 3.8) is 0 Å². The maximum Gasteiger partial charge on any atom is 0.192 e. The van der Waals surface area contributed by atoms with E-state index in [-0.39, 0.29) is 49.4 Å². The van der Waals surface area contributed by atoms with Gasteiger partial charge in [0.25, 0.3) is 0 Å². The highest BCUT2D eigenvalue weighted by atomic mass is 28.4. The van der Waals surface area contributed by atoms with E-state index in [1.54, 1.807) is 26.1 Å². The first-order valence-electron chi connectivity index (χ1n) is 38.0. The van der Waals surface area contributed by atoms with Crippen molar-refractivity contribution in [2.24, 2.45) is 0 Å². The molecule has 4 aromatic heterocycles. The zero-order valence-corrected chi connectivity index (χ0v) is 73.5. The number of benzene rings is 2. The highest BCUT2D eigenvalue weighted by Gasteiger charge is 2.45. The molecule has 0 unspecified atom stereocenters. The number of aliphatic hydroxyl groups excluding tert-OH is 5. The standard InChI is InChI=1S/C64H6.C28H38N2O6Si.C22H24N2O6.CH4/c1-3-5-7-9-11-13-15-17-19-21-23-25-27-29-31-33-35-37-39-41-43-45-47-49-51-53-55-57-59-61-63-64-62-60-58-56-54-52-50-48-46-44-42-40-38-36-34-32-30-28-26-24-22-20-18-16-14-12-10-8-6-4-2;1-19-8-13-23(29-15-19)21-11-9-20(10-12-21)17-34-28(5,25(32)16-31)26(33)24-14-22(36-30-24)18-35-37(6,7)27(2,3)4;1-14-3-8-18(23-10-14)16-6-4-15(5-7-16)13-29-22(2,20(27)12-26)21(28)19-9-17(11-25)30-24-19;/h1-2H3;8-15,26,31,33H,16-18H2,1-7H3;3-10,21,25-26,28H,11-13H2,1-2H3;1H4/t;26-,28+;21-,22+;/m.00./s1. The van der Waals surface area contributed by atoms with E-state index in [4.69, 9.17) is 28.1 Å². The zero-order chi connectivity index (χ0) is 95.0. The van der Waals surface area contributed by atoms with Crippen LogP contribution in [0.25, 0.3) is 22.5 Å². The summed E-state index contributed by atoms with van der Waals surface area (Å²) in [5.74, 6) is 155. The number of ether oxygens (including phenoxy) is 2. The van der Waals surface area contributed by atoms with E-state index in [1.807, 2.05) is 92.8 Å². The average molecular weight is 1730 g/mol. The van der Waals surface area contributed by atoms with E-state index in [9.17, 15) is 30.0 Å². The van der Waals surface area contributed by atoms with Gasteiger partial charge in [0, 0.05) is 296 Å². The van der Waals surface area contributed by atoms with Crippen molar-refractivity contribution in [1.82, 2.24) is 20.3 Å². The molecule has 0 amide bonds. The third-order valence-electron chi connectivity index (χ3n) is 16.0. The fourth-order valence-corrected chi connectivity index (χ4v) is 9.19. The minimum Gasteiger partial charge on any atom is -0.409 e. The Bertz CT molecular complexity index is 7230. The van der Waals surface area contributed by atoms with Gasteiger partial charge in [0.15, 0.2) is 42.6 Å². The van der Waals surface area contributed by atoms with Gasteiger partial charge in [-0.05, 0) is 189 Å². The summed E-state index contributed by atoms with van der Waals surface area (Å²) in [6.45, 7) is 19.1. The molecule has 0 fully saturated rings. The topological polar surface area (TPSA) is 241 Å². The molecule has 6 rings (SSSR count). The van der Waals surface area contributed by atoms with Crippen LogP contribution in [-0.2, 0) is 49.9 Å². The molecule has 0 aliphatic rings. The number of pyridine rings is 2. The highest BCUT2D eigenvalue weighted by Crippen LogP contribution is 2.38. The van der Waals surface area contributed by atoms with Gasteiger partial charge >= 0.3 is 0 Å². The monoisotopic (exact) mass is 1730 g/mol. The molecule has 16 nitrogen and oxygen atoms in total. The summed E-state index contributed by atoms with van der Waals surface area (Å²) in [5, 5.41) is 57.5. The van der Waals surface area contributed by atoms with Crippen LogP contribution in [-0.4, -0.2) is 90.1 Å². The second-order valence-electron chi connectivity index (χ2n) is 26.2. The minimum absolute atomic E-state index is 0. The van der Waals surface area contributed by atoms with Gasteiger partial charge in [-0.1, -0.05) is 111 Å². The van der Waals surface area contributed by atoms with Crippen molar-refractivity contribution in [1.29, 1.82) is 0 Å². The molecule has 2 aromatic carbocycles. The number of aryl methyl sites for hydroxylation is 2. The van der Waals surface area contributed by atoms with E-state index >= 15 is 0 Å². The Morgan fingerprint density at radius 3 is 0.773 bits per heavy atom. The molecule has 4 atom stereocenters.